The first-order chi connectivity index (χ1) is 6.16. The van der Waals surface area contributed by atoms with E-state index in [-0.39, 0.29) is 5.78 Å². The molecule has 3 heteroatoms. The number of carbonyl (C=O) groups is 1. The van der Waals surface area contributed by atoms with Gasteiger partial charge in [-0.3, -0.25) is 4.79 Å². The van der Waals surface area contributed by atoms with E-state index in [1.165, 1.54) is 6.92 Å². The summed E-state index contributed by atoms with van der Waals surface area (Å²) in [4.78, 5) is 11.1. The van der Waals surface area contributed by atoms with Crippen molar-refractivity contribution in [2.75, 3.05) is 0 Å². The van der Waals surface area contributed by atoms with Gasteiger partial charge >= 0.3 is 0 Å². The standard InChI is InChI=1S/C10H12N2O/c1-4-5-6-12-8(2)10(7-11-12)9(3)13/h4-7H,1H2,2-3H3/b6-5-. The Hall–Kier alpha value is -1.64. The van der Waals surface area contributed by atoms with Crippen LogP contribution in [0.4, 0.5) is 0 Å². The van der Waals surface area contributed by atoms with Gasteiger partial charge in [-0.05, 0) is 19.9 Å². The highest BCUT2D eigenvalue weighted by Crippen LogP contribution is 2.07. The molecule has 0 aliphatic heterocycles. The van der Waals surface area contributed by atoms with Gasteiger partial charge in [0.25, 0.3) is 0 Å². The molecule has 0 saturated carbocycles. The first-order valence-corrected chi connectivity index (χ1v) is 4.01. The Kier molecular flexibility index (Phi) is 2.80. The number of carbonyl (C=O) groups excluding carboxylic acids is 1. The van der Waals surface area contributed by atoms with Gasteiger partial charge in [0, 0.05) is 6.20 Å². The fraction of sp³-hybridized carbons (Fsp3) is 0.200. The third kappa shape index (κ3) is 1.93. The number of ketones is 1. The molecule has 0 spiro atoms. The lowest BCUT2D eigenvalue weighted by Gasteiger charge is -1.95. The lowest BCUT2D eigenvalue weighted by atomic mass is 10.2. The Morgan fingerprint density at radius 1 is 1.69 bits per heavy atom. The highest BCUT2D eigenvalue weighted by molar-refractivity contribution is 5.95. The summed E-state index contributed by atoms with van der Waals surface area (Å²) in [7, 11) is 0. The van der Waals surface area contributed by atoms with Crippen LogP contribution in [0.3, 0.4) is 0 Å². The SMILES string of the molecule is C=C/C=C\n1ncc(C(C)=O)c1C. The van der Waals surface area contributed by atoms with Gasteiger partial charge in [-0.15, -0.1) is 0 Å². The van der Waals surface area contributed by atoms with E-state index in [1.54, 1.807) is 29.2 Å². The Morgan fingerprint density at radius 3 is 2.85 bits per heavy atom. The van der Waals surface area contributed by atoms with Gasteiger partial charge in [-0.25, -0.2) is 4.68 Å². The Balaban J connectivity index is 3.06. The smallest absolute Gasteiger partial charge is 0.163 e. The zero-order valence-corrected chi connectivity index (χ0v) is 7.82. The van der Waals surface area contributed by atoms with Gasteiger partial charge in [-0.1, -0.05) is 12.7 Å². The number of rotatable bonds is 3. The van der Waals surface area contributed by atoms with E-state index in [1.807, 2.05) is 6.92 Å². The summed E-state index contributed by atoms with van der Waals surface area (Å²) in [6.45, 7) is 6.94. The van der Waals surface area contributed by atoms with Crippen molar-refractivity contribution in [3.05, 3.63) is 36.2 Å². The van der Waals surface area contributed by atoms with Crippen LogP contribution in [0.1, 0.15) is 23.0 Å². The van der Waals surface area contributed by atoms with Gasteiger partial charge < -0.3 is 0 Å². The molecular formula is C10H12N2O. The van der Waals surface area contributed by atoms with Crippen molar-refractivity contribution in [2.45, 2.75) is 13.8 Å². The van der Waals surface area contributed by atoms with Gasteiger partial charge in [0.1, 0.15) is 0 Å². The van der Waals surface area contributed by atoms with Crippen LogP contribution in [0.5, 0.6) is 0 Å². The quantitative estimate of drug-likeness (QED) is 0.522. The molecule has 0 aromatic carbocycles. The van der Waals surface area contributed by atoms with E-state index in [4.69, 9.17) is 0 Å². The van der Waals surface area contributed by atoms with E-state index in [9.17, 15) is 4.79 Å². The number of aromatic nitrogens is 2. The number of hydrogen-bond acceptors (Lipinski definition) is 2. The van der Waals surface area contributed by atoms with Crippen molar-refractivity contribution >= 4 is 12.0 Å². The third-order valence-electron chi connectivity index (χ3n) is 1.79. The second kappa shape index (κ2) is 3.85. The molecule has 68 valence electrons. The van der Waals surface area contributed by atoms with E-state index in [2.05, 4.69) is 11.7 Å². The molecule has 0 saturated heterocycles. The first kappa shape index (κ1) is 9.45. The number of Topliss-reactive ketones (excluding diaryl/α,β-unsaturated/α-hetero) is 1. The molecule has 1 rings (SSSR count). The van der Waals surface area contributed by atoms with Crippen molar-refractivity contribution in [1.29, 1.82) is 0 Å². The fourth-order valence-corrected chi connectivity index (χ4v) is 1.06. The van der Waals surface area contributed by atoms with Gasteiger partial charge in [-0.2, -0.15) is 5.10 Å². The normalized spacial score (nSPS) is 10.6. The van der Waals surface area contributed by atoms with Crippen LogP contribution >= 0.6 is 0 Å². The lowest BCUT2D eigenvalue weighted by Crippen LogP contribution is -1.96. The lowest BCUT2D eigenvalue weighted by molar-refractivity contribution is 0.101. The highest BCUT2D eigenvalue weighted by atomic mass is 16.1. The second-order valence-corrected chi connectivity index (χ2v) is 2.72. The molecule has 0 aliphatic carbocycles. The van der Waals surface area contributed by atoms with Crippen molar-refractivity contribution in [2.24, 2.45) is 0 Å². The second-order valence-electron chi connectivity index (χ2n) is 2.72. The van der Waals surface area contributed by atoms with Crippen molar-refractivity contribution in [3.63, 3.8) is 0 Å². The predicted molar refractivity (Wildman–Crippen MR) is 52.5 cm³/mol. The predicted octanol–water partition coefficient (Wildman–Crippen LogP) is 2.05. The summed E-state index contributed by atoms with van der Waals surface area (Å²) >= 11 is 0. The molecule has 1 aromatic rings. The minimum atomic E-state index is 0.0377. The third-order valence-corrected chi connectivity index (χ3v) is 1.79. The van der Waals surface area contributed by atoms with Gasteiger partial charge in [0.15, 0.2) is 5.78 Å². The molecule has 0 atom stereocenters. The van der Waals surface area contributed by atoms with E-state index in [0.717, 1.165) is 5.69 Å². The molecular weight excluding hydrogens is 164 g/mol. The summed E-state index contributed by atoms with van der Waals surface area (Å²) in [5.74, 6) is 0.0377. The maximum absolute atomic E-state index is 11.1. The van der Waals surface area contributed by atoms with Crippen molar-refractivity contribution in [1.82, 2.24) is 9.78 Å². The molecule has 0 amide bonds. The zero-order valence-electron chi connectivity index (χ0n) is 7.82. The summed E-state index contributed by atoms with van der Waals surface area (Å²) in [6, 6.07) is 0. The number of nitrogens with zero attached hydrogens (tertiary/aromatic N) is 2. The van der Waals surface area contributed by atoms with Crippen LogP contribution in [-0.2, 0) is 0 Å². The molecule has 0 radical (unpaired) electrons. The topological polar surface area (TPSA) is 34.9 Å². The van der Waals surface area contributed by atoms with E-state index < -0.39 is 0 Å². The van der Waals surface area contributed by atoms with Gasteiger partial charge in [0.2, 0.25) is 0 Å². The molecule has 0 N–H and O–H groups in total. The minimum absolute atomic E-state index is 0.0377. The van der Waals surface area contributed by atoms with Crippen molar-refractivity contribution in [3.8, 4) is 0 Å². The van der Waals surface area contributed by atoms with Crippen LogP contribution in [-0.4, -0.2) is 15.6 Å². The molecule has 1 aromatic heterocycles. The van der Waals surface area contributed by atoms with E-state index in [0.29, 0.717) is 5.56 Å². The molecule has 0 fully saturated rings. The minimum Gasteiger partial charge on any atom is -0.294 e. The first-order valence-electron chi connectivity index (χ1n) is 4.01. The van der Waals surface area contributed by atoms with E-state index >= 15 is 0 Å². The Labute approximate surface area is 77.4 Å². The maximum atomic E-state index is 11.1. The number of hydrogen-bond donors (Lipinski definition) is 0. The molecule has 1 heterocycles. The zero-order chi connectivity index (χ0) is 9.84. The van der Waals surface area contributed by atoms with Crippen LogP contribution in [0, 0.1) is 6.92 Å². The fourth-order valence-electron chi connectivity index (χ4n) is 1.06. The largest absolute Gasteiger partial charge is 0.294 e. The molecule has 0 bridgehead atoms. The monoisotopic (exact) mass is 176 g/mol. The molecule has 13 heavy (non-hydrogen) atoms. The average molecular weight is 176 g/mol. The Bertz CT molecular complexity index is 361. The molecule has 0 unspecified atom stereocenters. The Morgan fingerprint density at radius 2 is 2.38 bits per heavy atom. The van der Waals surface area contributed by atoms with Gasteiger partial charge in [0.05, 0.1) is 17.5 Å². The molecule has 0 aliphatic rings. The average Bonchev–Trinajstić information content (AvgIpc) is 2.43. The van der Waals surface area contributed by atoms with Crippen LogP contribution in [0.25, 0.3) is 6.20 Å². The van der Waals surface area contributed by atoms with Crippen LogP contribution < -0.4 is 0 Å². The summed E-state index contributed by atoms with van der Waals surface area (Å²) in [6.07, 6.45) is 6.76. The van der Waals surface area contributed by atoms with Crippen molar-refractivity contribution < 1.29 is 4.79 Å². The van der Waals surface area contributed by atoms with Crippen LogP contribution in [0.15, 0.2) is 24.9 Å². The highest BCUT2D eigenvalue weighted by Gasteiger charge is 2.07. The maximum Gasteiger partial charge on any atom is 0.163 e. The molecule has 3 nitrogen and oxygen atoms in total. The number of allylic oxidation sites excluding steroid dienone is 2. The summed E-state index contributed by atoms with van der Waals surface area (Å²) in [5, 5.41) is 4.04. The summed E-state index contributed by atoms with van der Waals surface area (Å²) < 4.78 is 1.65. The summed E-state index contributed by atoms with van der Waals surface area (Å²) in [5.41, 5.74) is 1.51. The van der Waals surface area contributed by atoms with Crippen LogP contribution in [0.2, 0.25) is 0 Å².